The summed E-state index contributed by atoms with van der Waals surface area (Å²) in [6, 6.07) is 39.8. The molecule has 0 saturated carbocycles. The molecule has 0 fully saturated rings. The molecule has 1 aliphatic heterocycles. The van der Waals surface area contributed by atoms with Crippen molar-refractivity contribution in [2.45, 2.75) is 45.4 Å². The van der Waals surface area contributed by atoms with E-state index in [1.165, 1.54) is 0 Å². The van der Waals surface area contributed by atoms with Gasteiger partial charge in [0.2, 0.25) is 0 Å². The second-order valence-electron chi connectivity index (χ2n) is 10.6. The first-order chi connectivity index (χ1) is 20.6. The summed E-state index contributed by atoms with van der Waals surface area (Å²) in [5, 5.41) is 11.2. The van der Waals surface area contributed by atoms with Gasteiger partial charge in [0.1, 0.15) is 37.4 Å². The van der Waals surface area contributed by atoms with Crippen LogP contribution in [0.2, 0.25) is 0 Å². The van der Waals surface area contributed by atoms with Gasteiger partial charge in [0.05, 0.1) is 6.10 Å². The number of hydrogen-bond acceptors (Lipinski definition) is 5. The largest absolute Gasteiger partial charge is 0.489 e. The van der Waals surface area contributed by atoms with Crippen LogP contribution in [0.1, 0.15) is 39.5 Å². The van der Waals surface area contributed by atoms with Crippen molar-refractivity contribution in [1.82, 2.24) is 0 Å². The Labute approximate surface area is 246 Å². The van der Waals surface area contributed by atoms with E-state index in [9.17, 15) is 5.11 Å². The van der Waals surface area contributed by atoms with Gasteiger partial charge in [0, 0.05) is 18.1 Å². The standard InChI is InChI=1S/C37H34O5/c1-26-19-31(39-23-27-11-5-2-6-12-27)21-35-32(26)22-33(38)37(42-35)30-17-18-34(40-24-28-13-7-3-8-14-28)36(20-30)41-25-29-15-9-4-10-16-29/h2-21,33,37-38H,22-25H2,1H3/t33?,37-/m0/s1. The number of aliphatic hydroxyl groups is 1. The van der Waals surface area contributed by atoms with Gasteiger partial charge < -0.3 is 24.1 Å². The number of hydrogen-bond donors (Lipinski definition) is 1. The van der Waals surface area contributed by atoms with E-state index in [1.54, 1.807) is 0 Å². The van der Waals surface area contributed by atoms with Gasteiger partial charge in [-0.2, -0.15) is 0 Å². The third-order valence-electron chi connectivity index (χ3n) is 7.44. The molecule has 42 heavy (non-hydrogen) atoms. The molecule has 0 radical (unpaired) electrons. The van der Waals surface area contributed by atoms with Crippen molar-refractivity contribution in [2.75, 3.05) is 0 Å². The smallest absolute Gasteiger partial charge is 0.162 e. The third-order valence-corrected chi connectivity index (χ3v) is 7.44. The fourth-order valence-electron chi connectivity index (χ4n) is 5.17. The van der Waals surface area contributed by atoms with Crippen LogP contribution >= 0.6 is 0 Å². The molecule has 1 N–H and O–H groups in total. The minimum absolute atomic E-state index is 0.393. The van der Waals surface area contributed by atoms with Gasteiger partial charge in [0.25, 0.3) is 0 Å². The minimum atomic E-state index is -0.717. The van der Waals surface area contributed by atoms with Crippen molar-refractivity contribution in [3.63, 3.8) is 0 Å². The molecule has 0 saturated heterocycles. The molecular formula is C37H34O5. The fourth-order valence-corrected chi connectivity index (χ4v) is 5.17. The lowest BCUT2D eigenvalue weighted by Crippen LogP contribution is -2.30. The summed E-state index contributed by atoms with van der Waals surface area (Å²) in [6.07, 6.45) is -0.800. The molecule has 1 unspecified atom stereocenters. The quantitative estimate of drug-likeness (QED) is 0.190. The third kappa shape index (κ3) is 6.59. The second-order valence-corrected chi connectivity index (χ2v) is 10.6. The number of aliphatic hydroxyl groups excluding tert-OH is 1. The van der Waals surface area contributed by atoms with Crippen molar-refractivity contribution >= 4 is 0 Å². The fraction of sp³-hybridized carbons (Fsp3) is 0.189. The maximum Gasteiger partial charge on any atom is 0.162 e. The van der Waals surface area contributed by atoms with E-state index in [2.05, 4.69) is 0 Å². The predicted molar refractivity (Wildman–Crippen MR) is 163 cm³/mol. The van der Waals surface area contributed by atoms with Crippen molar-refractivity contribution in [3.8, 4) is 23.0 Å². The molecule has 212 valence electrons. The Morgan fingerprint density at radius 2 is 1.19 bits per heavy atom. The molecular weight excluding hydrogens is 524 g/mol. The highest BCUT2D eigenvalue weighted by Crippen LogP contribution is 2.41. The van der Waals surface area contributed by atoms with E-state index in [0.717, 1.165) is 44.9 Å². The Hall–Kier alpha value is -4.74. The molecule has 5 aromatic carbocycles. The topological polar surface area (TPSA) is 57.2 Å². The normalized spacial score (nSPS) is 15.8. The molecule has 0 aromatic heterocycles. The van der Waals surface area contributed by atoms with Crippen LogP contribution in [0.5, 0.6) is 23.0 Å². The summed E-state index contributed by atoms with van der Waals surface area (Å²) in [4.78, 5) is 0. The summed E-state index contributed by atoms with van der Waals surface area (Å²) in [5.41, 5.74) is 6.06. The highest BCUT2D eigenvalue weighted by atomic mass is 16.5. The lowest BCUT2D eigenvalue weighted by molar-refractivity contribution is 0.0202. The van der Waals surface area contributed by atoms with Crippen LogP contribution in [0.3, 0.4) is 0 Å². The zero-order valence-electron chi connectivity index (χ0n) is 23.6. The average molecular weight is 559 g/mol. The van der Waals surface area contributed by atoms with Gasteiger partial charge in [-0.1, -0.05) is 97.1 Å². The van der Waals surface area contributed by atoms with Crippen LogP contribution in [0, 0.1) is 6.92 Å². The van der Waals surface area contributed by atoms with Crippen molar-refractivity contribution in [1.29, 1.82) is 0 Å². The molecule has 0 bridgehead atoms. The average Bonchev–Trinajstić information content (AvgIpc) is 3.03. The second kappa shape index (κ2) is 12.8. The van der Waals surface area contributed by atoms with Crippen LogP contribution < -0.4 is 18.9 Å². The molecule has 5 heteroatoms. The lowest BCUT2D eigenvalue weighted by Gasteiger charge is -2.32. The molecule has 2 atom stereocenters. The number of benzene rings is 5. The van der Waals surface area contributed by atoms with E-state index >= 15 is 0 Å². The molecule has 0 spiro atoms. The summed E-state index contributed by atoms with van der Waals surface area (Å²) in [6.45, 7) is 3.31. The number of fused-ring (bicyclic) bond motifs is 1. The first-order valence-corrected chi connectivity index (χ1v) is 14.2. The molecule has 1 heterocycles. The highest BCUT2D eigenvalue weighted by molar-refractivity contribution is 5.50. The zero-order valence-corrected chi connectivity index (χ0v) is 23.6. The Morgan fingerprint density at radius 3 is 1.79 bits per heavy atom. The van der Waals surface area contributed by atoms with E-state index in [1.807, 2.05) is 128 Å². The predicted octanol–water partition coefficient (Wildman–Crippen LogP) is 7.77. The van der Waals surface area contributed by atoms with Gasteiger partial charge in [0.15, 0.2) is 11.5 Å². The van der Waals surface area contributed by atoms with Crippen LogP contribution in [0.25, 0.3) is 0 Å². The van der Waals surface area contributed by atoms with Crippen molar-refractivity contribution in [3.05, 3.63) is 155 Å². The molecule has 1 aliphatic rings. The molecule has 0 aliphatic carbocycles. The summed E-state index contributed by atoms with van der Waals surface area (Å²) in [7, 11) is 0. The summed E-state index contributed by atoms with van der Waals surface area (Å²) >= 11 is 0. The van der Waals surface area contributed by atoms with Crippen LogP contribution in [0.15, 0.2) is 121 Å². The van der Waals surface area contributed by atoms with Gasteiger partial charge in [-0.3, -0.25) is 0 Å². The first-order valence-electron chi connectivity index (χ1n) is 14.2. The summed E-state index contributed by atoms with van der Waals surface area (Å²) < 4.78 is 25.0. The Kier molecular flexibility index (Phi) is 8.38. The highest BCUT2D eigenvalue weighted by Gasteiger charge is 2.32. The van der Waals surface area contributed by atoms with Crippen LogP contribution in [0.4, 0.5) is 0 Å². The Morgan fingerprint density at radius 1 is 0.643 bits per heavy atom. The number of rotatable bonds is 10. The number of ether oxygens (including phenoxy) is 4. The monoisotopic (exact) mass is 558 g/mol. The van der Waals surface area contributed by atoms with Gasteiger partial charge in [-0.25, -0.2) is 0 Å². The first kappa shape index (κ1) is 27.4. The number of aryl methyl sites for hydroxylation is 1. The zero-order chi connectivity index (χ0) is 28.7. The van der Waals surface area contributed by atoms with E-state index < -0.39 is 12.2 Å². The minimum Gasteiger partial charge on any atom is -0.489 e. The van der Waals surface area contributed by atoms with Gasteiger partial charge >= 0.3 is 0 Å². The SMILES string of the molecule is Cc1cc(OCc2ccccc2)cc2c1CC(O)[C@H](c1ccc(OCc3ccccc3)c(OCc3ccccc3)c1)O2. The maximum absolute atomic E-state index is 11.2. The van der Waals surface area contributed by atoms with E-state index in [0.29, 0.717) is 37.7 Å². The van der Waals surface area contributed by atoms with Crippen molar-refractivity contribution in [2.24, 2.45) is 0 Å². The maximum atomic E-state index is 11.2. The Balaban J connectivity index is 1.24. The molecule has 5 nitrogen and oxygen atoms in total. The van der Waals surface area contributed by atoms with Crippen molar-refractivity contribution < 1.29 is 24.1 Å². The van der Waals surface area contributed by atoms with Crippen LogP contribution in [-0.2, 0) is 26.2 Å². The van der Waals surface area contributed by atoms with Gasteiger partial charge in [-0.15, -0.1) is 0 Å². The Bertz CT molecular complexity index is 1600. The molecule has 6 rings (SSSR count). The summed E-state index contributed by atoms with van der Waals surface area (Å²) in [5.74, 6) is 2.70. The van der Waals surface area contributed by atoms with Gasteiger partial charge in [-0.05, 0) is 52.9 Å². The molecule has 5 aromatic rings. The lowest BCUT2D eigenvalue weighted by atomic mass is 9.92. The molecule has 0 amide bonds. The van der Waals surface area contributed by atoms with Crippen LogP contribution in [-0.4, -0.2) is 11.2 Å². The van der Waals surface area contributed by atoms with E-state index in [4.69, 9.17) is 18.9 Å². The van der Waals surface area contributed by atoms with E-state index in [-0.39, 0.29) is 0 Å².